The van der Waals surface area contributed by atoms with Crippen molar-refractivity contribution in [2.24, 2.45) is 0 Å². The van der Waals surface area contributed by atoms with Crippen LogP contribution in [0.1, 0.15) is 22.6 Å². The Kier molecular flexibility index (Phi) is 3.64. The lowest BCUT2D eigenvalue weighted by Gasteiger charge is -2.11. The maximum Gasteiger partial charge on any atom is 0.224 e. The smallest absolute Gasteiger partial charge is 0.224 e. The van der Waals surface area contributed by atoms with Crippen molar-refractivity contribution in [3.8, 4) is 5.75 Å². The van der Waals surface area contributed by atoms with Crippen LogP contribution in [-0.2, 0) is 17.6 Å². The van der Waals surface area contributed by atoms with Crippen molar-refractivity contribution in [1.82, 2.24) is 10.5 Å². The average molecular weight is 286 g/mol. The van der Waals surface area contributed by atoms with Gasteiger partial charge in [-0.15, -0.1) is 0 Å². The van der Waals surface area contributed by atoms with E-state index in [0.717, 1.165) is 23.4 Å². The van der Waals surface area contributed by atoms with Crippen molar-refractivity contribution in [2.75, 3.05) is 6.54 Å². The summed E-state index contributed by atoms with van der Waals surface area (Å²) >= 11 is 0. The zero-order valence-electron chi connectivity index (χ0n) is 12.2. The summed E-state index contributed by atoms with van der Waals surface area (Å²) in [5.41, 5.74) is 2.83. The summed E-state index contributed by atoms with van der Waals surface area (Å²) in [6.45, 7) is 4.17. The van der Waals surface area contributed by atoms with Gasteiger partial charge in [0.1, 0.15) is 17.6 Å². The van der Waals surface area contributed by atoms with E-state index in [0.29, 0.717) is 18.7 Å². The fraction of sp³-hybridized carbons (Fsp3) is 0.375. The Hall–Kier alpha value is -2.30. The number of aryl methyl sites for hydroxylation is 2. The third-order valence-corrected chi connectivity index (χ3v) is 3.76. The van der Waals surface area contributed by atoms with Crippen LogP contribution in [0.25, 0.3) is 0 Å². The van der Waals surface area contributed by atoms with Crippen LogP contribution >= 0.6 is 0 Å². The number of benzene rings is 1. The zero-order valence-corrected chi connectivity index (χ0v) is 12.2. The number of hydrogen-bond donors (Lipinski definition) is 1. The van der Waals surface area contributed by atoms with E-state index in [1.54, 1.807) is 0 Å². The molecule has 5 heteroatoms. The zero-order chi connectivity index (χ0) is 14.8. The maximum absolute atomic E-state index is 12.0. The highest BCUT2D eigenvalue weighted by Gasteiger charge is 2.23. The SMILES string of the molecule is Cc1noc(C)c1CC(=O)NCC1Cc2ccccc2O1. The summed E-state index contributed by atoms with van der Waals surface area (Å²) in [6.07, 6.45) is 1.14. The Morgan fingerprint density at radius 2 is 2.19 bits per heavy atom. The number of rotatable bonds is 4. The second-order valence-corrected chi connectivity index (χ2v) is 5.34. The monoisotopic (exact) mass is 286 g/mol. The van der Waals surface area contributed by atoms with E-state index >= 15 is 0 Å². The molecule has 1 aromatic heterocycles. The number of hydrogen-bond acceptors (Lipinski definition) is 4. The molecule has 2 heterocycles. The second-order valence-electron chi connectivity index (χ2n) is 5.34. The molecule has 21 heavy (non-hydrogen) atoms. The van der Waals surface area contributed by atoms with E-state index < -0.39 is 0 Å². The third-order valence-electron chi connectivity index (χ3n) is 3.76. The fourth-order valence-corrected chi connectivity index (χ4v) is 2.57. The Morgan fingerprint density at radius 3 is 2.90 bits per heavy atom. The lowest BCUT2D eigenvalue weighted by Crippen LogP contribution is -2.35. The molecule has 0 bridgehead atoms. The standard InChI is InChI=1S/C16H18N2O3/c1-10-14(11(2)21-18-10)8-16(19)17-9-13-7-12-5-3-4-6-15(12)20-13/h3-6,13H,7-9H2,1-2H3,(H,17,19). The summed E-state index contributed by atoms with van der Waals surface area (Å²) < 4.78 is 10.9. The summed E-state index contributed by atoms with van der Waals surface area (Å²) in [5, 5.41) is 6.77. The van der Waals surface area contributed by atoms with Crippen LogP contribution in [0.4, 0.5) is 0 Å². The number of nitrogens with zero attached hydrogens (tertiary/aromatic N) is 1. The minimum Gasteiger partial charge on any atom is -0.488 e. The summed E-state index contributed by atoms with van der Waals surface area (Å²) in [5.74, 6) is 1.58. The van der Waals surface area contributed by atoms with Crippen LogP contribution in [0.3, 0.4) is 0 Å². The topological polar surface area (TPSA) is 64.4 Å². The molecule has 1 aliphatic heterocycles. The van der Waals surface area contributed by atoms with Crippen molar-refractivity contribution in [1.29, 1.82) is 0 Å². The lowest BCUT2D eigenvalue weighted by molar-refractivity contribution is -0.120. The van der Waals surface area contributed by atoms with Gasteiger partial charge in [-0.25, -0.2) is 0 Å². The third kappa shape index (κ3) is 2.91. The fourth-order valence-electron chi connectivity index (χ4n) is 2.57. The first-order valence-corrected chi connectivity index (χ1v) is 7.06. The Morgan fingerprint density at radius 1 is 1.38 bits per heavy atom. The highest BCUT2D eigenvalue weighted by atomic mass is 16.5. The average Bonchev–Trinajstić information content (AvgIpc) is 3.03. The highest BCUT2D eigenvalue weighted by molar-refractivity contribution is 5.79. The predicted molar refractivity (Wildman–Crippen MR) is 77.3 cm³/mol. The van der Waals surface area contributed by atoms with E-state index in [-0.39, 0.29) is 12.0 Å². The van der Waals surface area contributed by atoms with Gasteiger partial charge in [-0.1, -0.05) is 23.4 Å². The number of fused-ring (bicyclic) bond motifs is 1. The molecule has 0 saturated carbocycles. The van der Waals surface area contributed by atoms with E-state index in [2.05, 4.69) is 16.5 Å². The van der Waals surface area contributed by atoms with Crippen LogP contribution in [0.5, 0.6) is 5.75 Å². The number of aromatic nitrogens is 1. The van der Waals surface area contributed by atoms with Crippen LogP contribution in [0.15, 0.2) is 28.8 Å². The molecule has 0 radical (unpaired) electrons. The van der Waals surface area contributed by atoms with E-state index in [1.165, 1.54) is 5.56 Å². The van der Waals surface area contributed by atoms with Gasteiger partial charge in [-0.05, 0) is 25.5 Å². The summed E-state index contributed by atoms with van der Waals surface area (Å²) in [4.78, 5) is 12.0. The van der Waals surface area contributed by atoms with Gasteiger partial charge >= 0.3 is 0 Å². The quantitative estimate of drug-likeness (QED) is 0.933. The predicted octanol–water partition coefficient (Wildman–Crippen LogP) is 1.95. The van der Waals surface area contributed by atoms with Gasteiger partial charge in [0.25, 0.3) is 0 Å². The molecule has 3 rings (SSSR count). The van der Waals surface area contributed by atoms with Crippen molar-refractivity contribution in [3.63, 3.8) is 0 Å². The van der Waals surface area contributed by atoms with Gasteiger partial charge in [0.05, 0.1) is 18.7 Å². The van der Waals surface area contributed by atoms with Crippen molar-refractivity contribution < 1.29 is 14.1 Å². The molecule has 0 fully saturated rings. The molecule has 0 saturated heterocycles. The van der Waals surface area contributed by atoms with Crippen molar-refractivity contribution in [2.45, 2.75) is 32.8 Å². The number of nitrogens with one attached hydrogen (secondary N) is 1. The normalized spacial score (nSPS) is 16.4. The summed E-state index contributed by atoms with van der Waals surface area (Å²) in [6, 6.07) is 7.97. The largest absolute Gasteiger partial charge is 0.488 e. The molecule has 0 aliphatic carbocycles. The van der Waals surface area contributed by atoms with Crippen molar-refractivity contribution in [3.05, 3.63) is 46.8 Å². The summed E-state index contributed by atoms with van der Waals surface area (Å²) in [7, 11) is 0. The van der Waals surface area contributed by atoms with Gasteiger partial charge in [0.2, 0.25) is 5.91 Å². The molecule has 1 unspecified atom stereocenters. The van der Waals surface area contributed by atoms with Crippen LogP contribution < -0.4 is 10.1 Å². The van der Waals surface area contributed by atoms with Crippen LogP contribution in [-0.4, -0.2) is 23.7 Å². The molecular formula is C16H18N2O3. The number of carbonyl (C=O) groups excluding carboxylic acids is 1. The molecule has 1 N–H and O–H groups in total. The van der Waals surface area contributed by atoms with Gasteiger partial charge in [-0.3, -0.25) is 4.79 Å². The number of carbonyl (C=O) groups is 1. The second kappa shape index (κ2) is 5.60. The van der Waals surface area contributed by atoms with Gasteiger partial charge in [0.15, 0.2) is 0 Å². The van der Waals surface area contributed by atoms with Crippen LogP contribution in [0, 0.1) is 13.8 Å². The molecule has 2 aromatic rings. The number of ether oxygens (including phenoxy) is 1. The number of para-hydroxylation sites is 1. The van der Waals surface area contributed by atoms with Gasteiger partial charge in [-0.2, -0.15) is 0 Å². The van der Waals surface area contributed by atoms with E-state index in [9.17, 15) is 4.79 Å². The Bertz CT molecular complexity index is 619. The molecule has 1 aliphatic rings. The first-order chi connectivity index (χ1) is 10.1. The minimum absolute atomic E-state index is 0.0102. The molecule has 110 valence electrons. The Labute approximate surface area is 123 Å². The minimum atomic E-state index is -0.0380. The molecule has 5 nitrogen and oxygen atoms in total. The first-order valence-electron chi connectivity index (χ1n) is 7.06. The van der Waals surface area contributed by atoms with Crippen LogP contribution in [0.2, 0.25) is 0 Å². The lowest BCUT2D eigenvalue weighted by atomic mass is 10.1. The molecule has 0 spiro atoms. The molecular weight excluding hydrogens is 268 g/mol. The first kappa shape index (κ1) is 13.7. The van der Waals surface area contributed by atoms with Gasteiger partial charge < -0.3 is 14.6 Å². The Balaban J connectivity index is 1.52. The number of amides is 1. The molecule has 1 aromatic carbocycles. The van der Waals surface area contributed by atoms with Crippen molar-refractivity contribution >= 4 is 5.91 Å². The molecule has 1 atom stereocenters. The van der Waals surface area contributed by atoms with E-state index in [1.807, 2.05) is 32.0 Å². The maximum atomic E-state index is 12.0. The molecule has 1 amide bonds. The highest BCUT2D eigenvalue weighted by Crippen LogP contribution is 2.27. The van der Waals surface area contributed by atoms with Gasteiger partial charge in [0, 0.05) is 12.0 Å². The van der Waals surface area contributed by atoms with E-state index in [4.69, 9.17) is 9.26 Å².